The summed E-state index contributed by atoms with van der Waals surface area (Å²) < 4.78 is 20.4. The van der Waals surface area contributed by atoms with Gasteiger partial charge in [-0.25, -0.2) is 4.57 Å². The first-order valence-corrected chi connectivity index (χ1v) is 7.05. The van der Waals surface area contributed by atoms with Gasteiger partial charge >= 0.3 is 13.8 Å². The van der Waals surface area contributed by atoms with Crippen LogP contribution in [0.15, 0.2) is 24.3 Å². The standard InChI is InChI=1S/C10H13N2O8P/c11-8(10(13)14)6-20-21(17,18)19-5-7-3-1-2-4-9(7)12(15)16/h1-4,8H,5-6,11H2,(H,13,14)(H,17,18)/t8-/m1/s1. The first-order chi connectivity index (χ1) is 9.73. The number of hydrogen-bond acceptors (Lipinski definition) is 7. The minimum Gasteiger partial charge on any atom is -0.480 e. The molecule has 1 unspecified atom stereocenters. The second kappa shape index (κ2) is 7.25. The summed E-state index contributed by atoms with van der Waals surface area (Å²) in [5.74, 6) is -1.41. The van der Waals surface area contributed by atoms with Crippen LogP contribution >= 0.6 is 7.82 Å². The van der Waals surface area contributed by atoms with Crippen molar-refractivity contribution in [3.63, 3.8) is 0 Å². The van der Waals surface area contributed by atoms with Gasteiger partial charge < -0.3 is 15.7 Å². The van der Waals surface area contributed by atoms with Crippen LogP contribution in [-0.2, 0) is 25.0 Å². The maximum absolute atomic E-state index is 11.5. The highest BCUT2D eigenvalue weighted by Gasteiger charge is 2.26. The minimum absolute atomic E-state index is 0.0721. The molecule has 0 amide bonds. The molecule has 0 saturated heterocycles. The van der Waals surface area contributed by atoms with Crippen LogP contribution in [0.3, 0.4) is 0 Å². The highest BCUT2D eigenvalue weighted by Crippen LogP contribution is 2.44. The Balaban J connectivity index is 2.63. The van der Waals surface area contributed by atoms with Gasteiger partial charge in [0, 0.05) is 6.07 Å². The van der Waals surface area contributed by atoms with Crippen LogP contribution in [0.2, 0.25) is 0 Å². The Bertz CT molecular complexity index is 578. The van der Waals surface area contributed by atoms with Crippen molar-refractivity contribution in [1.82, 2.24) is 0 Å². The van der Waals surface area contributed by atoms with E-state index in [1.807, 2.05) is 0 Å². The third-order valence-electron chi connectivity index (χ3n) is 2.31. The number of carboxylic acids is 1. The van der Waals surface area contributed by atoms with Crippen molar-refractivity contribution in [3.8, 4) is 0 Å². The van der Waals surface area contributed by atoms with Crippen LogP contribution in [0.25, 0.3) is 0 Å². The van der Waals surface area contributed by atoms with Gasteiger partial charge in [0.15, 0.2) is 0 Å². The summed E-state index contributed by atoms with van der Waals surface area (Å²) in [5, 5.41) is 19.2. The average molecular weight is 320 g/mol. The molecule has 0 fully saturated rings. The number of nitro groups is 1. The van der Waals surface area contributed by atoms with Crippen LogP contribution in [0, 0.1) is 10.1 Å². The SMILES string of the molecule is N[C@H](COP(=O)(O)OCc1ccccc1[N+](=O)[O-])C(=O)O. The zero-order valence-corrected chi connectivity index (χ0v) is 11.5. The molecule has 0 saturated carbocycles. The molecule has 1 aromatic carbocycles. The van der Waals surface area contributed by atoms with E-state index in [4.69, 9.17) is 10.8 Å². The van der Waals surface area contributed by atoms with Crippen LogP contribution in [0.5, 0.6) is 0 Å². The van der Waals surface area contributed by atoms with Crippen LogP contribution in [0.1, 0.15) is 5.56 Å². The number of phosphoric acid groups is 1. The van der Waals surface area contributed by atoms with Gasteiger partial charge in [0.25, 0.3) is 5.69 Å². The molecule has 1 rings (SSSR count). The number of carbonyl (C=O) groups is 1. The molecule has 0 aliphatic heterocycles. The van der Waals surface area contributed by atoms with Crippen molar-refractivity contribution in [1.29, 1.82) is 0 Å². The number of phosphoric ester groups is 1. The molecule has 11 heteroatoms. The topological polar surface area (TPSA) is 162 Å². The smallest absolute Gasteiger partial charge is 0.472 e. The molecule has 0 bridgehead atoms. The monoisotopic (exact) mass is 320 g/mol. The van der Waals surface area contributed by atoms with Gasteiger partial charge in [-0.2, -0.15) is 0 Å². The number of hydrogen-bond donors (Lipinski definition) is 3. The fourth-order valence-corrected chi connectivity index (χ4v) is 1.97. The van der Waals surface area contributed by atoms with E-state index < -0.39 is 38.0 Å². The van der Waals surface area contributed by atoms with E-state index in [0.29, 0.717) is 0 Å². The van der Waals surface area contributed by atoms with Crippen molar-refractivity contribution in [2.45, 2.75) is 12.6 Å². The molecule has 0 aliphatic carbocycles. The van der Waals surface area contributed by atoms with E-state index in [2.05, 4.69) is 9.05 Å². The molecule has 1 aromatic rings. The fraction of sp³-hybridized carbons (Fsp3) is 0.300. The average Bonchev–Trinajstić information content (AvgIpc) is 2.42. The zero-order chi connectivity index (χ0) is 16.0. The summed E-state index contributed by atoms with van der Waals surface area (Å²) in [6, 6.07) is 4.00. The quantitative estimate of drug-likeness (QED) is 0.354. The number of rotatable bonds is 8. The molecule has 2 atom stereocenters. The summed E-state index contributed by atoms with van der Waals surface area (Å²) in [7, 11) is -4.57. The fourth-order valence-electron chi connectivity index (χ4n) is 1.25. The van der Waals surface area contributed by atoms with Crippen molar-refractivity contribution < 1.29 is 33.3 Å². The van der Waals surface area contributed by atoms with Gasteiger partial charge in [0.2, 0.25) is 0 Å². The zero-order valence-electron chi connectivity index (χ0n) is 10.6. The Morgan fingerprint density at radius 3 is 2.62 bits per heavy atom. The predicted molar refractivity (Wildman–Crippen MR) is 69.3 cm³/mol. The molecule has 0 heterocycles. The lowest BCUT2D eigenvalue weighted by atomic mass is 10.2. The summed E-state index contributed by atoms with van der Waals surface area (Å²) in [6.07, 6.45) is 0. The Labute approximate surface area is 118 Å². The van der Waals surface area contributed by atoms with Gasteiger partial charge in [-0.1, -0.05) is 12.1 Å². The minimum atomic E-state index is -4.57. The lowest BCUT2D eigenvalue weighted by Gasteiger charge is -2.13. The van der Waals surface area contributed by atoms with Crippen molar-refractivity contribution in [3.05, 3.63) is 39.9 Å². The van der Waals surface area contributed by atoms with Crippen LogP contribution < -0.4 is 5.73 Å². The summed E-state index contributed by atoms with van der Waals surface area (Å²) in [5.41, 5.74) is 4.89. The summed E-state index contributed by atoms with van der Waals surface area (Å²) in [4.78, 5) is 29.8. The number of nitrogens with zero attached hydrogens (tertiary/aromatic N) is 1. The number of benzene rings is 1. The molecule has 0 aromatic heterocycles. The number of para-hydroxylation sites is 1. The normalized spacial score (nSPS) is 15.1. The van der Waals surface area contributed by atoms with Crippen molar-refractivity contribution >= 4 is 19.5 Å². The molecule has 0 aliphatic rings. The maximum atomic E-state index is 11.5. The Morgan fingerprint density at radius 1 is 1.43 bits per heavy atom. The van der Waals surface area contributed by atoms with Crippen LogP contribution in [-0.4, -0.2) is 33.5 Å². The number of carboxylic acid groups (broad SMARTS) is 1. The molecule has 0 spiro atoms. The summed E-state index contributed by atoms with van der Waals surface area (Å²) in [6.45, 7) is -1.28. The Hall–Kier alpha value is -1.84. The lowest BCUT2D eigenvalue weighted by molar-refractivity contribution is -0.385. The second-order valence-electron chi connectivity index (χ2n) is 3.87. The van der Waals surface area contributed by atoms with Gasteiger partial charge in [-0.05, 0) is 6.07 Å². The van der Waals surface area contributed by atoms with Gasteiger partial charge in [-0.3, -0.25) is 24.0 Å². The third kappa shape index (κ3) is 5.58. The Kier molecular flexibility index (Phi) is 5.94. The van der Waals surface area contributed by atoms with Gasteiger partial charge in [0.05, 0.1) is 23.7 Å². The van der Waals surface area contributed by atoms with E-state index >= 15 is 0 Å². The molecule has 0 radical (unpaired) electrons. The van der Waals surface area contributed by atoms with E-state index in [-0.39, 0.29) is 11.3 Å². The van der Waals surface area contributed by atoms with Gasteiger partial charge in [0.1, 0.15) is 6.04 Å². The van der Waals surface area contributed by atoms with Crippen molar-refractivity contribution in [2.24, 2.45) is 5.73 Å². The number of nitrogens with two attached hydrogens (primary N) is 1. The Morgan fingerprint density at radius 2 is 2.05 bits per heavy atom. The molecular formula is C10H13N2O8P. The number of nitro benzene ring substituents is 1. The van der Waals surface area contributed by atoms with Crippen molar-refractivity contribution in [2.75, 3.05) is 6.61 Å². The highest BCUT2D eigenvalue weighted by atomic mass is 31.2. The van der Waals surface area contributed by atoms with Crippen LogP contribution in [0.4, 0.5) is 5.69 Å². The molecule has 10 nitrogen and oxygen atoms in total. The first kappa shape index (κ1) is 17.2. The molecule has 4 N–H and O–H groups in total. The first-order valence-electron chi connectivity index (χ1n) is 5.55. The summed E-state index contributed by atoms with van der Waals surface area (Å²) >= 11 is 0. The molecular weight excluding hydrogens is 307 g/mol. The number of aliphatic carboxylic acids is 1. The van der Waals surface area contributed by atoms with Gasteiger partial charge in [-0.15, -0.1) is 0 Å². The second-order valence-corrected chi connectivity index (χ2v) is 5.32. The lowest BCUT2D eigenvalue weighted by Crippen LogP contribution is -2.34. The molecule has 116 valence electrons. The largest absolute Gasteiger partial charge is 0.480 e. The predicted octanol–water partition coefficient (Wildman–Crippen LogP) is 0.640. The maximum Gasteiger partial charge on any atom is 0.472 e. The third-order valence-corrected chi connectivity index (χ3v) is 3.24. The van der Waals surface area contributed by atoms with E-state index in [0.717, 1.165) is 0 Å². The van der Waals surface area contributed by atoms with E-state index in [1.54, 1.807) is 0 Å². The molecule has 21 heavy (non-hydrogen) atoms. The van der Waals surface area contributed by atoms with E-state index in [1.165, 1.54) is 24.3 Å². The highest BCUT2D eigenvalue weighted by molar-refractivity contribution is 7.47. The van der Waals surface area contributed by atoms with E-state index in [9.17, 15) is 24.4 Å².